The smallest absolute Gasteiger partial charge is 0.273 e. The number of nitro benzene ring substituents is 1. The Morgan fingerprint density at radius 3 is 2.71 bits per heavy atom. The zero-order valence-corrected chi connectivity index (χ0v) is 9.42. The lowest BCUT2D eigenvalue weighted by Crippen LogP contribution is -2.18. The van der Waals surface area contributed by atoms with Crippen molar-refractivity contribution in [3.63, 3.8) is 0 Å². The molecule has 0 atom stereocenters. The molecule has 0 radical (unpaired) electrons. The molecule has 0 unspecified atom stereocenters. The third-order valence-corrected chi connectivity index (χ3v) is 2.24. The third kappa shape index (κ3) is 3.67. The molecule has 0 spiro atoms. The first kappa shape index (κ1) is 12.8. The number of benzene rings is 1. The summed E-state index contributed by atoms with van der Waals surface area (Å²) in [6, 6.07) is 6.16. The van der Waals surface area contributed by atoms with E-state index >= 15 is 0 Å². The highest BCUT2D eigenvalue weighted by molar-refractivity contribution is 6.00. The van der Waals surface area contributed by atoms with E-state index < -0.39 is 4.92 Å². The van der Waals surface area contributed by atoms with Crippen LogP contribution < -0.4 is 5.73 Å². The minimum absolute atomic E-state index is 0.00657. The summed E-state index contributed by atoms with van der Waals surface area (Å²) in [5.41, 5.74) is 5.77. The van der Waals surface area contributed by atoms with E-state index in [1.807, 2.05) is 0 Å². The highest BCUT2D eigenvalue weighted by Gasteiger charge is 2.15. The molecule has 0 saturated heterocycles. The molecule has 0 saturated carbocycles. The van der Waals surface area contributed by atoms with Gasteiger partial charge in [0.1, 0.15) is 11.6 Å². The van der Waals surface area contributed by atoms with Crippen molar-refractivity contribution in [2.75, 3.05) is 7.05 Å². The number of hydrogen-bond donors (Lipinski definition) is 1. The lowest BCUT2D eigenvalue weighted by atomic mass is 10.0. The van der Waals surface area contributed by atoms with Gasteiger partial charge < -0.3 is 5.73 Å². The number of nitrogens with two attached hydrogens (primary N) is 1. The van der Waals surface area contributed by atoms with Crippen molar-refractivity contribution in [1.82, 2.24) is 0 Å². The number of amidine groups is 1. The minimum atomic E-state index is -0.500. The lowest BCUT2D eigenvalue weighted by Gasteiger charge is -2.02. The monoisotopic (exact) mass is 235 g/mol. The number of rotatable bonds is 5. The van der Waals surface area contributed by atoms with Crippen LogP contribution in [0.5, 0.6) is 0 Å². The van der Waals surface area contributed by atoms with Crippen LogP contribution in [0.1, 0.15) is 12.0 Å². The van der Waals surface area contributed by atoms with Crippen LogP contribution in [-0.2, 0) is 11.2 Å². The standard InChI is InChI=1S/C11H13N3O3/c1-13-11(12)7-9(15)6-8-4-2-3-5-10(8)14(16)17/h2-5H,6-7H2,1H3,(H2,12,13). The fraction of sp³-hybridized carbons (Fsp3) is 0.273. The molecule has 0 aliphatic heterocycles. The molecule has 1 aromatic rings. The van der Waals surface area contributed by atoms with Crippen molar-refractivity contribution < 1.29 is 9.72 Å². The van der Waals surface area contributed by atoms with Gasteiger partial charge in [-0.1, -0.05) is 18.2 Å². The van der Waals surface area contributed by atoms with Crippen LogP contribution in [0.2, 0.25) is 0 Å². The number of carbonyl (C=O) groups excluding carboxylic acids is 1. The van der Waals surface area contributed by atoms with Crippen LogP contribution in [0.4, 0.5) is 5.69 Å². The van der Waals surface area contributed by atoms with E-state index in [1.165, 1.54) is 13.1 Å². The minimum Gasteiger partial charge on any atom is -0.387 e. The van der Waals surface area contributed by atoms with Gasteiger partial charge in [0.15, 0.2) is 0 Å². The predicted octanol–water partition coefficient (Wildman–Crippen LogP) is 1.08. The van der Waals surface area contributed by atoms with E-state index in [1.54, 1.807) is 18.2 Å². The fourth-order valence-corrected chi connectivity index (χ4v) is 1.39. The molecule has 1 rings (SSSR count). The summed E-state index contributed by atoms with van der Waals surface area (Å²) in [5.74, 6) is 0.0379. The maximum atomic E-state index is 11.6. The molecular weight excluding hydrogens is 222 g/mol. The van der Waals surface area contributed by atoms with Gasteiger partial charge in [0, 0.05) is 25.1 Å². The van der Waals surface area contributed by atoms with Gasteiger partial charge >= 0.3 is 0 Å². The van der Waals surface area contributed by atoms with E-state index in [4.69, 9.17) is 5.73 Å². The Kier molecular flexibility index (Phi) is 4.33. The Bertz CT molecular complexity index is 469. The Hall–Kier alpha value is -2.24. The highest BCUT2D eigenvalue weighted by Crippen LogP contribution is 2.18. The summed E-state index contributed by atoms with van der Waals surface area (Å²) >= 11 is 0. The molecule has 0 bridgehead atoms. The van der Waals surface area contributed by atoms with Gasteiger partial charge in [-0.05, 0) is 0 Å². The number of aliphatic imine (C=N–C) groups is 1. The number of Topliss-reactive ketones (excluding diaryl/α,β-unsaturated/α-hetero) is 1. The van der Waals surface area contributed by atoms with Gasteiger partial charge in [-0.25, -0.2) is 0 Å². The molecule has 0 aromatic heterocycles. The van der Waals surface area contributed by atoms with Crippen LogP contribution in [-0.4, -0.2) is 23.6 Å². The number of carbonyl (C=O) groups is 1. The van der Waals surface area contributed by atoms with Crippen molar-refractivity contribution in [2.24, 2.45) is 10.7 Å². The van der Waals surface area contributed by atoms with Crippen molar-refractivity contribution >= 4 is 17.3 Å². The summed E-state index contributed by atoms with van der Waals surface area (Å²) in [4.78, 5) is 25.5. The Balaban J connectivity index is 2.81. The number of nitro groups is 1. The van der Waals surface area contributed by atoms with E-state index in [0.717, 1.165) is 0 Å². The average Bonchev–Trinajstić information content (AvgIpc) is 2.29. The first-order valence-electron chi connectivity index (χ1n) is 4.99. The molecule has 6 nitrogen and oxygen atoms in total. The molecule has 90 valence electrons. The molecule has 0 aliphatic carbocycles. The predicted molar refractivity (Wildman–Crippen MR) is 64.0 cm³/mol. The lowest BCUT2D eigenvalue weighted by molar-refractivity contribution is -0.385. The van der Waals surface area contributed by atoms with E-state index in [0.29, 0.717) is 5.56 Å². The third-order valence-electron chi connectivity index (χ3n) is 2.24. The van der Waals surface area contributed by atoms with Crippen LogP contribution in [0.25, 0.3) is 0 Å². The van der Waals surface area contributed by atoms with Crippen molar-refractivity contribution in [1.29, 1.82) is 0 Å². The molecular formula is C11H13N3O3. The molecule has 1 aromatic carbocycles. The van der Waals surface area contributed by atoms with Gasteiger partial charge in [0.25, 0.3) is 5.69 Å². The Morgan fingerprint density at radius 2 is 2.12 bits per heavy atom. The highest BCUT2D eigenvalue weighted by atomic mass is 16.6. The zero-order chi connectivity index (χ0) is 12.8. The SMILES string of the molecule is CN=C(N)CC(=O)Cc1ccccc1[N+](=O)[O-]. The number of para-hydroxylation sites is 1. The normalized spacial score (nSPS) is 11.2. The maximum absolute atomic E-state index is 11.6. The molecule has 6 heteroatoms. The summed E-state index contributed by atoms with van der Waals surface area (Å²) < 4.78 is 0. The second-order valence-electron chi connectivity index (χ2n) is 3.49. The van der Waals surface area contributed by atoms with Crippen LogP contribution in [0.15, 0.2) is 29.3 Å². The molecule has 2 N–H and O–H groups in total. The van der Waals surface area contributed by atoms with Gasteiger partial charge in [-0.3, -0.25) is 19.9 Å². The molecule has 0 amide bonds. The Morgan fingerprint density at radius 1 is 1.47 bits per heavy atom. The van der Waals surface area contributed by atoms with Crippen molar-refractivity contribution in [3.8, 4) is 0 Å². The quantitative estimate of drug-likeness (QED) is 0.357. The van der Waals surface area contributed by atoms with Gasteiger partial charge in [0.2, 0.25) is 0 Å². The number of ketones is 1. The summed E-state index contributed by atoms with van der Waals surface area (Å²) in [7, 11) is 1.49. The first-order valence-corrected chi connectivity index (χ1v) is 4.99. The summed E-state index contributed by atoms with van der Waals surface area (Å²) in [5, 5.41) is 10.7. The van der Waals surface area contributed by atoms with E-state index in [9.17, 15) is 14.9 Å². The van der Waals surface area contributed by atoms with E-state index in [-0.39, 0.29) is 30.1 Å². The second kappa shape index (κ2) is 5.74. The van der Waals surface area contributed by atoms with Crippen LogP contribution >= 0.6 is 0 Å². The largest absolute Gasteiger partial charge is 0.387 e. The topological polar surface area (TPSA) is 98.6 Å². The first-order chi connectivity index (χ1) is 8.04. The van der Waals surface area contributed by atoms with Crippen molar-refractivity contribution in [2.45, 2.75) is 12.8 Å². The number of nitrogens with zero attached hydrogens (tertiary/aromatic N) is 2. The molecule has 0 heterocycles. The van der Waals surface area contributed by atoms with Gasteiger partial charge in [-0.15, -0.1) is 0 Å². The fourth-order valence-electron chi connectivity index (χ4n) is 1.39. The summed E-state index contributed by atoms with van der Waals surface area (Å²) in [6.07, 6.45) is 0.00984. The molecule has 0 fully saturated rings. The van der Waals surface area contributed by atoms with Crippen LogP contribution in [0, 0.1) is 10.1 Å². The van der Waals surface area contributed by atoms with E-state index in [2.05, 4.69) is 4.99 Å². The van der Waals surface area contributed by atoms with Crippen LogP contribution in [0.3, 0.4) is 0 Å². The second-order valence-corrected chi connectivity index (χ2v) is 3.49. The van der Waals surface area contributed by atoms with Gasteiger partial charge in [0.05, 0.1) is 11.3 Å². The van der Waals surface area contributed by atoms with Crippen molar-refractivity contribution in [3.05, 3.63) is 39.9 Å². The number of hydrogen-bond acceptors (Lipinski definition) is 4. The maximum Gasteiger partial charge on any atom is 0.273 e. The Labute approximate surface area is 98.3 Å². The summed E-state index contributed by atoms with van der Waals surface area (Å²) in [6.45, 7) is 0. The average molecular weight is 235 g/mol. The molecule has 17 heavy (non-hydrogen) atoms. The zero-order valence-electron chi connectivity index (χ0n) is 9.42. The van der Waals surface area contributed by atoms with Gasteiger partial charge in [-0.2, -0.15) is 0 Å². The molecule has 0 aliphatic rings.